The standard InChI is InChI=1S/C17H22ClFO/c1-11(2)13-4-6-14(7-5-13)17(20)10-12-3-8-16(19)15(18)9-12/h3,8-9,11,13-14H,4-7,10H2,1-2H3. The second-order valence-corrected chi connectivity index (χ2v) is 6.65. The van der Waals surface area contributed by atoms with Gasteiger partial charge in [0.15, 0.2) is 0 Å². The zero-order valence-electron chi connectivity index (χ0n) is 12.2. The molecule has 0 aromatic heterocycles. The maximum absolute atomic E-state index is 13.1. The van der Waals surface area contributed by atoms with Crippen LogP contribution in [0.4, 0.5) is 4.39 Å². The molecule has 0 spiro atoms. The third-order valence-electron chi connectivity index (χ3n) is 4.53. The van der Waals surface area contributed by atoms with E-state index in [1.165, 1.54) is 6.07 Å². The maximum Gasteiger partial charge on any atom is 0.141 e. The van der Waals surface area contributed by atoms with E-state index in [1.54, 1.807) is 12.1 Å². The highest BCUT2D eigenvalue weighted by Crippen LogP contribution is 2.34. The molecule has 0 bridgehead atoms. The Kier molecular flexibility index (Phi) is 5.20. The molecule has 0 radical (unpaired) electrons. The van der Waals surface area contributed by atoms with Gasteiger partial charge in [0.1, 0.15) is 11.6 Å². The van der Waals surface area contributed by atoms with Crippen LogP contribution < -0.4 is 0 Å². The van der Waals surface area contributed by atoms with Crippen LogP contribution in [-0.2, 0) is 11.2 Å². The predicted molar refractivity (Wildman–Crippen MR) is 80.4 cm³/mol. The Morgan fingerprint density at radius 3 is 2.50 bits per heavy atom. The highest BCUT2D eigenvalue weighted by molar-refractivity contribution is 6.30. The van der Waals surface area contributed by atoms with Crippen LogP contribution in [0.3, 0.4) is 0 Å². The predicted octanol–water partition coefficient (Wildman–Crippen LogP) is 5.05. The summed E-state index contributed by atoms with van der Waals surface area (Å²) in [5.41, 5.74) is 0.812. The number of rotatable bonds is 4. The lowest BCUT2D eigenvalue weighted by molar-refractivity contribution is -0.123. The molecule has 0 unspecified atom stereocenters. The van der Waals surface area contributed by atoms with Crippen LogP contribution >= 0.6 is 11.6 Å². The zero-order chi connectivity index (χ0) is 14.7. The van der Waals surface area contributed by atoms with Crippen LogP contribution in [0, 0.1) is 23.6 Å². The van der Waals surface area contributed by atoms with Gasteiger partial charge in [-0.05, 0) is 55.2 Å². The van der Waals surface area contributed by atoms with E-state index in [1.807, 2.05) is 0 Å². The summed E-state index contributed by atoms with van der Waals surface area (Å²) in [6.07, 6.45) is 4.67. The fraction of sp³-hybridized carbons (Fsp3) is 0.588. The van der Waals surface area contributed by atoms with Gasteiger partial charge in [0, 0.05) is 12.3 Å². The van der Waals surface area contributed by atoms with Crippen LogP contribution in [0.25, 0.3) is 0 Å². The number of Topliss-reactive ketones (excluding diaryl/α,β-unsaturated/α-hetero) is 1. The van der Waals surface area contributed by atoms with Crippen molar-refractivity contribution in [3.05, 3.63) is 34.6 Å². The molecule has 0 aliphatic heterocycles. The summed E-state index contributed by atoms with van der Waals surface area (Å²) in [4.78, 5) is 12.3. The Hall–Kier alpha value is -0.890. The molecule has 1 aliphatic rings. The average molecular weight is 297 g/mol. The van der Waals surface area contributed by atoms with E-state index in [9.17, 15) is 9.18 Å². The van der Waals surface area contributed by atoms with Gasteiger partial charge in [0.05, 0.1) is 5.02 Å². The smallest absolute Gasteiger partial charge is 0.141 e. The maximum atomic E-state index is 13.1. The van der Waals surface area contributed by atoms with Crippen molar-refractivity contribution in [2.75, 3.05) is 0 Å². The van der Waals surface area contributed by atoms with Gasteiger partial charge in [0.2, 0.25) is 0 Å². The molecule has 1 fully saturated rings. The Labute approximate surface area is 125 Å². The van der Waals surface area contributed by atoms with E-state index in [0.29, 0.717) is 12.3 Å². The first-order valence-corrected chi connectivity index (χ1v) is 7.81. The molecule has 1 nitrogen and oxygen atoms in total. The summed E-state index contributed by atoms with van der Waals surface area (Å²) in [5, 5.41) is 0.0961. The van der Waals surface area contributed by atoms with Crippen molar-refractivity contribution in [2.45, 2.75) is 46.0 Å². The van der Waals surface area contributed by atoms with Crippen molar-refractivity contribution in [1.29, 1.82) is 0 Å². The van der Waals surface area contributed by atoms with E-state index in [0.717, 1.165) is 37.2 Å². The van der Waals surface area contributed by atoms with E-state index >= 15 is 0 Å². The number of carbonyl (C=O) groups is 1. The van der Waals surface area contributed by atoms with Crippen molar-refractivity contribution >= 4 is 17.4 Å². The zero-order valence-corrected chi connectivity index (χ0v) is 12.9. The Balaban J connectivity index is 1.91. The molecular formula is C17H22ClFO. The molecule has 0 saturated heterocycles. The fourth-order valence-corrected chi connectivity index (χ4v) is 3.31. The second kappa shape index (κ2) is 6.71. The number of halogens is 2. The van der Waals surface area contributed by atoms with Gasteiger partial charge in [-0.3, -0.25) is 4.79 Å². The van der Waals surface area contributed by atoms with E-state index < -0.39 is 5.82 Å². The van der Waals surface area contributed by atoms with Gasteiger partial charge in [-0.15, -0.1) is 0 Å². The van der Waals surface area contributed by atoms with Gasteiger partial charge >= 0.3 is 0 Å². The molecule has 0 amide bonds. The molecule has 2 rings (SSSR count). The summed E-state index contributed by atoms with van der Waals surface area (Å²) in [5.74, 6) is 1.49. The van der Waals surface area contributed by atoms with Crippen LogP contribution in [0.2, 0.25) is 5.02 Å². The van der Waals surface area contributed by atoms with Crippen molar-refractivity contribution in [2.24, 2.45) is 17.8 Å². The Morgan fingerprint density at radius 1 is 1.30 bits per heavy atom. The fourth-order valence-electron chi connectivity index (χ4n) is 3.10. The van der Waals surface area contributed by atoms with Crippen molar-refractivity contribution < 1.29 is 9.18 Å². The minimum absolute atomic E-state index is 0.0961. The average Bonchev–Trinajstić information content (AvgIpc) is 2.43. The van der Waals surface area contributed by atoms with E-state index in [2.05, 4.69) is 13.8 Å². The van der Waals surface area contributed by atoms with Crippen LogP contribution in [0.5, 0.6) is 0 Å². The number of ketones is 1. The van der Waals surface area contributed by atoms with Crippen molar-refractivity contribution in [3.63, 3.8) is 0 Å². The van der Waals surface area contributed by atoms with Gasteiger partial charge in [-0.2, -0.15) is 0 Å². The molecule has 0 N–H and O–H groups in total. The molecule has 110 valence electrons. The lowest BCUT2D eigenvalue weighted by Crippen LogP contribution is -2.25. The van der Waals surface area contributed by atoms with Crippen LogP contribution in [0.15, 0.2) is 18.2 Å². The molecule has 1 aliphatic carbocycles. The third-order valence-corrected chi connectivity index (χ3v) is 4.82. The number of hydrogen-bond acceptors (Lipinski definition) is 1. The molecule has 1 aromatic carbocycles. The monoisotopic (exact) mass is 296 g/mol. The molecule has 0 heterocycles. The molecule has 1 saturated carbocycles. The molecule has 20 heavy (non-hydrogen) atoms. The highest BCUT2D eigenvalue weighted by atomic mass is 35.5. The summed E-state index contributed by atoms with van der Waals surface area (Å²) >= 11 is 5.75. The Bertz CT molecular complexity index is 476. The van der Waals surface area contributed by atoms with Crippen LogP contribution in [0.1, 0.15) is 45.1 Å². The van der Waals surface area contributed by atoms with Crippen molar-refractivity contribution in [1.82, 2.24) is 0 Å². The largest absolute Gasteiger partial charge is 0.299 e. The van der Waals surface area contributed by atoms with Gasteiger partial charge in [-0.25, -0.2) is 4.39 Å². The van der Waals surface area contributed by atoms with Crippen molar-refractivity contribution in [3.8, 4) is 0 Å². The number of hydrogen-bond donors (Lipinski definition) is 0. The van der Waals surface area contributed by atoms with E-state index in [4.69, 9.17) is 11.6 Å². The quantitative estimate of drug-likeness (QED) is 0.759. The highest BCUT2D eigenvalue weighted by Gasteiger charge is 2.27. The molecule has 0 atom stereocenters. The topological polar surface area (TPSA) is 17.1 Å². The summed E-state index contributed by atoms with van der Waals surface area (Å²) < 4.78 is 13.1. The van der Waals surface area contributed by atoms with Gasteiger partial charge in [-0.1, -0.05) is 31.5 Å². The molecule has 1 aromatic rings. The third kappa shape index (κ3) is 3.82. The van der Waals surface area contributed by atoms with E-state index in [-0.39, 0.29) is 16.7 Å². The molecular weight excluding hydrogens is 275 g/mol. The summed E-state index contributed by atoms with van der Waals surface area (Å²) in [7, 11) is 0. The number of carbonyl (C=O) groups excluding carboxylic acids is 1. The first-order chi connectivity index (χ1) is 9.47. The summed E-state index contributed by atoms with van der Waals surface area (Å²) in [6, 6.07) is 4.55. The SMILES string of the molecule is CC(C)C1CCC(C(=O)Cc2ccc(F)c(Cl)c2)CC1. The second-order valence-electron chi connectivity index (χ2n) is 6.25. The first-order valence-electron chi connectivity index (χ1n) is 7.44. The Morgan fingerprint density at radius 2 is 1.95 bits per heavy atom. The lowest BCUT2D eigenvalue weighted by atomic mass is 9.75. The minimum atomic E-state index is -0.430. The van der Waals surface area contributed by atoms with Gasteiger partial charge < -0.3 is 0 Å². The summed E-state index contributed by atoms with van der Waals surface area (Å²) in [6.45, 7) is 4.51. The number of benzene rings is 1. The lowest BCUT2D eigenvalue weighted by Gasteiger charge is -2.30. The van der Waals surface area contributed by atoms with Crippen LogP contribution in [-0.4, -0.2) is 5.78 Å². The van der Waals surface area contributed by atoms with Gasteiger partial charge in [0.25, 0.3) is 0 Å². The normalized spacial score (nSPS) is 23.1. The minimum Gasteiger partial charge on any atom is -0.299 e. The molecule has 3 heteroatoms. The first kappa shape index (κ1) is 15.5.